The molecule has 0 spiro atoms. The Balaban J connectivity index is 2.34. The van der Waals surface area contributed by atoms with E-state index in [4.69, 9.17) is 4.84 Å². The zero-order chi connectivity index (χ0) is 12.5. The minimum atomic E-state index is -0.406. The second-order valence-electron chi connectivity index (χ2n) is 3.65. The number of nitrogens with one attached hydrogen (secondary N) is 1. The first-order valence-electron chi connectivity index (χ1n) is 5.72. The average Bonchev–Trinajstić information content (AvgIpc) is 2.34. The van der Waals surface area contributed by atoms with Crippen LogP contribution in [0.5, 0.6) is 0 Å². The summed E-state index contributed by atoms with van der Waals surface area (Å²) in [5.74, 6) is 0. The molecule has 0 saturated heterocycles. The Morgan fingerprint density at radius 2 is 2.53 bits per heavy atom. The molecular formula is C11H19N3O3. The predicted molar refractivity (Wildman–Crippen MR) is 64.5 cm³/mol. The van der Waals surface area contributed by atoms with Crippen molar-refractivity contribution in [3.05, 3.63) is 11.6 Å². The molecule has 6 nitrogen and oxygen atoms in total. The first-order valence-corrected chi connectivity index (χ1v) is 5.72. The summed E-state index contributed by atoms with van der Waals surface area (Å²) in [5.41, 5.74) is 0.974. The van der Waals surface area contributed by atoms with Crippen LogP contribution in [0.2, 0.25) is 0 Å². The Hall–Kier alpha value is -1.56. The second-order valence-corrected chi connectivity index (χ2v) is 3.65. The van der Waals surface area contributed by atoms with Gasteiger partial charge in [0.1, 0.15) is 7.11 Å². The highest BCUT2D eigenvalue weighted by Gasteiger charge is 2.15. The van der Waals surface area contributed by atoms with Crippen molar-refractivity contribution < 1.29 is 14.5 Å². The molecular weight excluding hydrogens is 222 g/mol. The molecule has 0 unspecified atom stereocenters. The molecule has 0 bridgehead atoms. The van der Waals surface area contributed by atoms with Gasteiger partial charge in [-0.2, -0.15) is 0 Å². The molecule has 0 atom stereocenters. The summed E-state index contributed by atoms with van der Waals surface area (Å²) in [7, 11) is 1.49. The van der Waals surface area contributed by atoms with Crippen LogP contribution in [0, 0.1) is 0 Å². The lowest BCUT2D eigenvalue weighted by atomic mass is 10.2. The largest absolute Gasteiger partial charge is 0.426 e. The molecule has 1 aliphatic heterocycles. The Kier molecular flexibility index (Phi) is 6.09. The smallest absolute Gasteiger partial charge is 0.399 e. The summed E-state index contributed by atoms with van der Waals surface area (Å²) >= 11 is 0. The summed E-state index contributed by atoms with van der Waals surface area (Å²) in [6, 6.07) is 0. The maximum absolute atomic E-state index is 11.3. The first-order chi connectivity index (χ1) is 8.26. The van der Waals surface area contributed by atoms with Gasteiger partial charge in [0.15, 0.2) is 0 Å². The number of hydrogen-bond acceptors (Lipinski definition) is 5. The SMILES string of the molecule is CCCNC(=O)ON1CCC=C(/C=N/OC)C1. The van der Waals surface area contributed by atoms with Crippen molar-refractivity contribution in [3.63, 3.8) is 0 Å². The molecule has 0 fully saturated rings. The van der Waals surface area contributed by atoms with E-state index < -0.39 is 6.09 Å². The van der Waals surface area contributed by atoms with Gasteiger partial charge in [-0.3, -0.25) is 0 Å². The highest BCUT2D eigenvalue weighted by molar-refractivity contribution is 5.78. The van der Waals surface area contributed by atoms with Crippen LogP contribution in [0.4, 0.5) is 4.79 Å². The number of amides is 1. The number of carbonyl (C=O) groups is 1. The van der Waals surface area contributed by atoms with Gasteiger partial charge in [0.2, 0.25) is 0 Å². The van der Waals surface area contributed by atoms with Gasteiger partial charge >= 0.3 is 6.09 Å². The van der Waals surface area contributed by atoms with Crippen molar-refractivity contribution in [2.45, 2.75) is 19.8 Å². The number of hydroxylamine groups is 2. The molecule has 96 valence electrons. The van der Waals surface area contributed by atoms with Crippen molar-refractivity contribution in [1.29, 1.82) is 0 Å². The monoisotopic (exact) mass is 241 g/mol. The Labute approximate surface area is 101 Å². The van der Waals surface area contributed by atoms with Crippen LogP contribution in [-0.2, 0) is 9.68 Å². The fraction of sp³-hybridized carbons (Fsp3) is 0.636. The van der Waals surface area contributed by atoms with Gasteiger partial charge in [-0.15, -0.1) is 5.06 Å². The predicted octanol–water partition coefficient (Wildman–Crippen LogP) is 1.30. The van der Waals surface area contributed by atoms with E-state index in [1.165, 1.54) is 7.11 Å². The lowest BCUT2D eigenvalue weighted by Crippen LogP contribution is -2.37. The highest BCUT2D eigenvalue weighted by atomic mass is 16.7. The van der Waals surface area contributed by atoms with Gasteiger partial charge in [0, 0.05) is 13.1 Å². The first kappa shape index (κ1) is 13.5. The van der Waals surface area contributed by atoms with E-state index in [0.717, 1.165) is 18.4 Å². The van der Waals surface area contributed by atoms with Crippen LogP contribution in [-0.4, -0.2) is 44.1 Å². The minimum absolute atomic E-state index is 0.406. The van der Waals surface area contributed by atoms with Crippen molar-refractivity contribution in [1.82, 2.24) is 10.4 Å². The molecule has 17 heavy (non-hydrogen) atoms. The van der Waals surface area contributed by atoms with Gasteiger partial charge in [-0.25, -0.2) is 4.79 Å². The molecule has 0 aromatic carbocycles. The quantitative estimate of drug-likeness (QED) is 0.582. The van der Waals surface area contributed by atoms with Gasteiger partial charge in [0.25, 0.3) is 0 Å². The van der Waals surface area contributed by atoms with E-state index >= 15 is 0 Å². The molecule has 6 heteroatoms. The van der Waals surface area contributed by atoms with Crippen LogP contribution >= 0.6 is 0 Å². The molecule has 1 rings (SSSR count). The normalized spacial score (nSPS) is 16.7. The molecule has 1 aliphatic rings. The molecule has 1 amide bonds. The van der Waals surface area contributed by atoms with Crippen molar-refractivity contribution in [2.24, 2.45) is 5.16 Å². The number of rotatable bonds is 5. The van der Waals surface area contributed by atoms with Crippen molar-refractivity contribution in [2.75, 3.05) is 26.7 Å². The Morgan fingerprint density at radius 1 is 1.71 bits per heavy atom. The number of oxime groups is 1. The Morgan fingerprint density at radius 3 is 3.24 bits per heavy atom. The third kappa shape index (κ3) is 5.35. The van der Waals surface area contributed by atoms with Crippen molar-refractivity contribution >= 4 is 12.3 Å². The standard InChI is InChI=1S/C11H19N3O3/c1-3-6-12-11(15)17-14-7-4-5-10(9-14)8-13-16-2/h5,8H,3-4,6-7,9H2,1-2H3,(H,12,15)/b13-8+. The average molecular weight is 241 g/mol. The van der Waals surface area contributed by atoms with Crippen LogP contribution in [0.25, 0.3) is 0 Å². The van der Waals surface area contributed by atoms with Gasteiger partial charge < -0.3 is 15.0 Å². The summed E-state index contributed by atoms with van der Waals surface area (Å²) in [4.78, 5) is 21.1. The lowest BCUT2D eigenvalue weighted by molar-refractivity contribution is -0.0932. The topological polar surface area (TPSA) is 63.2 Å². The number of hydrogen-bond donors (Lipinski definition) is 1. The molecule has 0 radical (unpaired) electrons. The van der Waals surface area contributed by atoms with Crippen LogP contribution in [0.1, 0.15) is 19.8 Å². The third-order valence-corrected chi connectivity index (χ3v) is 2.20. The second kappa shape index (κ2) is 7.67. The minimum Gasteiger partial charge on any atom is -0.399 e. The molecule has 1 N–H and O–H groups in total. The zero-order valence-electron chi connectivity index (χ0n) is 10.3. The van der Waals surface area contributed by atoms with E-state index in [0.29, 0.717) is 19.6 Å². The van der Waals surface area contributed by atoms with Gasteiger partial charge in [0.05, 0.1) is 12.8 Å². The molecule has 0 saturated carbocycles. The number of nitrogens with zero attached hydrogens (tertiary/aromatic N) is 2. The maximum atomic E-state index is 11.3. The fourth-order valence-electron chi connectivity index (χ4n) is 1.41. The summed E-state index contributed by atoms with van der Waals surface area (Å²) in [6.07, 6.45) is 4.98. The van der Waals surface area contributed by atoms with Crippen LogP contribution < -0.4 is 5.32 Å². The van der Waals surface area contributed by atoms with Crippen LogP contribution in [0.3, 0.4) is 0 Å². The summed E-state index contributed by atoms with van der Waals surface area (Å²) in [6.45, 7) is 3.85. The highest BCUT2D eigenvalue weighted by Crippen LogP contribution is 2.08. The molecule has 0 aliphatic carbocycles. The van der Waals surface area contributed by atoms with E-state index in [9.17, 15) is 4.79 Å². The van der Waals surface area contributed by atoms with E-state index in [-0.39, 0.29) is 0 Å². The molecule has 0 aromatic rings. The molecule has 0 aromatic heterocycles. The Bertz CT molecular complexity index is 302. The van der Waals surface area contributed by atoms with Gasteiger partial charge in [-0.05, 0) is 18.4 Å². The fourth-order valence-corrected chi connectivity index (χ4v) is 1.41. The zero-order valence-corrected chi connectivity index (χ0v) is 10.3. The van der Waals surface area contributed by atoms with Crippen LogP contribution in [0.15, 0.2) is 16.8 Å². The lowest BCUT2D eigenvalue weighted by Gasteiger charge is -2.24. The number of carbonyl (C=O) groups excluding carboxylic acids is 1. The molecule has 1 heterocycles. The maximum Gasteiger partial charge on any atom is 0.426 e. The van der Waals surface area contributed by atoms with E-state index in [1.807, 2.05) is 13.0 Å². The third-order valence-electron chi connectivity index (χ3n) is 2.20. The van der Waals surface area contributed by atoms with E-state index in [1.54, 1.807) is 11.3 Å². The van der Waals surface area contributed by atoms with E-state index in [2.05, 4.69) is 15.3 Å². The summed E-state index contributed by atoms with van der Waals surface area (Å²) in [5, 5.41) is 7.95. The summed E-state index contributed by atoms with van der Waals surface area (Å²) < 4.78 is 0. The van der Waals surface area contributed by atoms with Gasteiger partial charge in [-0.1, -0.05) is 18.2 Å². The van der Waals surface area contributed by atoms with Crippen molar-refractivity contribution in [3.8, 4) is 0 Å².